The zero-order chi connectivity index (χ0) is 10.7. The third kappa shape index (κ3) is 0.901. The van der Waals surface area contributed by atoms with Crippen LogP contribution in [0.15, 0.2) is 23.3 Å². The lowest BCUT2D eigenvalue weighted by Gasteiger charge is -2.44. The average molecular weight is 202 g/mol. The van der Waals surface area contributed by atoms with E-state index in [0.717, 1.165) is 17.6 Å². The molecule has 0 amide bonds. The van der Waals surface area contributed by atoms with Crippen molar-refractivity contribution in [3.8, 4) is 0 Å². The molecule has 0 radical (unpaired) electrons. The van der Waals surface area contributed by atoms with Crippen molar-refractivity contribution in [3.05, 3.63) is 23.3 Å². The summed E-state index contributed by atoms with van der Waals surface area (Å²) in [5.41, 5.74) is 2.31. The summed E-state index contributed by atoms with van der Waals surface area (Å²) in [4.78, 5) is 23.7. The van der Waals surface area contributed by atoms with E-state index in [-0.39, 0.29) is 23.4 Å². The van der Waals surface area contributed by atoms with Gasteiger partial charge in [0.25, 0.3) is 0 Å². The Labute approximate surface area is 89.0 Å². The Morgan fingerprint density at radius 3 is 2.40 bits per heavy atom. The Morgan fingerprint density at radius 1 is 1.07 bits per heavy atom. The zero-order valence-electron chi connectivity index (χ0n) is 8.99. The number of carbonyl (C=O) groups is 2. The highest BCUT2D eigenvalue weighted by Crippen LogP contribution is 2.52. The molecular weight excluding hydrogens is 188 g/mol. The molecule has 1 fully saturated rings. The summed E-state index contributed by atoms with van der Waals surface area (Å²) in [6.45, 7) is 4.03. The smallest absolute Gasteiger partial charge is 0.206 e. The molecule has 2 bridgehead atoms. The molecule has 0 N–H and O–H groups in total. The predicted molar refractivity (Wildman–Crippen MR) is 56.1 cm³/mol. The van der Waals surface area contributed by atoms with Gasteiger partial charge in [0.1, 0.15) is 0 Å². The maximum atomic E-state index is 11.9. The molecule has 0 heterocycles. The van der Waals surface area contributed by atoms with E-state index >= 15 is 0 Å². The van der Waals surface area contributed by atoms with Crippen LogP contribution in [0.3, 0.4) is 0 Å². The Balaban J connectivity index is 2.20. The van der Waals surface area contributed by atoms with Crippen LogP contribution in [0.5, 0.6) is 0 Å². The molecule has 4 aliphatic carbocycles. The van der Waals surface area contributed by atoms with Gasteiger partial charge >= 0.3 is 0 Å². The van der Waals surface area contributed by atoms with E-state index in [2.05, 4.69) is 12.2 Å². The Hall–Kier alpha value is -1.18. The summed E-state index contributed by atoms with van der Waals surface area (Å²) < 4.78 is 0. The van der Waals surface area contributed by atoms with E-state index in [1.165, 1.54) is 0 Å². The van der Waals surface area contributed by atoms with Crippen LogP contribution in [0.25, 0.3) is 0 Å². The maximum Gasteiger partial charge on any atom is 0.206 e. The molecule has 0 saturated heterocycles. The third-order valence-electron chi connectivity index (χ3n) is 4.44. The van der Waals surface area contributed by atoms with Gasteiger partial charge in [0, 0.05) is 0 Å². The Bertz CT molecular complexity index is 428. The number of Topliss-reactive ketones (excluding diaryl/α,β-unsaturated/α-hetero) is 2. The fourth-order valence-electron chi connectivity index (χ4n) is 3.58. The van der Waals surface area contributed by atoms with Gasteiger partial charge in [-0.2, -0.15) is 0 Å². The first-order chi connectivity index (χ1) is 7.13. The minimum absolute atomic E-state index is 0.109. The minimum atomic E-state index is -0.143. The summed E-state index contributed by atoms with van der Waals surface area (Å²) in [7, 11) is 0. The molecule has 2 nitrogen and oxygen atoms in total. The van der Waals surface area contributed by atoms with Gasteiger partial charge in [-0.1, -0.05) is 23.3 Å². The predicted octanol–water partition coefficient (Wildman–Crippen LogP) is 1.91. The quantitative estimate of drug-likeness (QED) is 0.444. The number of rotatable bonds is 0. The second-order valence-electron chi connectivity index (χ2n) is 4.95. The lowest BCUT2D eigenvalue weighted by Crippen LogP contribution is -2.50. The van der Waals surface area contributed by atoms with Gasteiger partial charge in [0.15, 0.2) is 0 Å². The summed E-state index contributed by atoms with van der Waals surface area (Å²) in [5.74, 6) is 0.172. The monoisotopic (exact) mass is 202 g/mol. The summed E-state index contributed by atoms with van der Waals surface area (Å²) in [5, 5.41) is 0. The van der Waals surface area contributed by atoms with Crippen LogP contribution < -0.4 is 0 Å². The molecule has 0 aliphatic heterocycles. The van der Waals surface area contributed by atoms with Crippen LogP contribution in [0.4, 0.5) is 0 Å². The molecule has 4 rings (SSSR count). The lowest BCUT2D eigenvalue weighted by atomic mass is 9.57. The Morgan fingerprint density at radius 2 is 1.67 bits per heavy atom. The van der Waals surface area contributed by atoms with Gasteiger partial charge in [0.2, 0.25) is 11.6 Å². The van der Waals surface area contributed by atoms with Crippen molar-refractivity contribution in [2.45, 2.75) is 20.3 Å². The van der Waals surface area contributed by atoms with Crippen LogP contribution >= 0.6 is 0 Å². The number of fused-ring (bicyclic) bond motifs is 1. The highest BCUT2D eigenvalue weighted by atomic mass is 16.2. The van der Waals surface area contributed by atoms with Crippen molar-refractivity contribution >= 4 is 11.6 Å². The first kappa shape index (κ1) is 9.08. The highest BCUT2D eigenvalue weighted by Gasteiger charge is 2.54. The van der Waals surface area contributed by atoms with E-state index in [4.69, 9.17) is 0 Å². The van der Waals surface area contributed by atoms with Crippen LogP contribution in [0.1, 0.15) is 20.3 Å². The van der Waals surface area contributed by atoms with E-state index in [9.17, 15) is 9.59 Å². The van der Waals surface area contributed by atoms with Gasteiger partial charge in [-0.15, -0.1) is 0 Å². The molecule has 78 valence electrons. The van der Waals surface area contributed by atoms with Crippen molar-refractivity contribution in [3.63, 3.8) is 0 Å². The first-order valence-electron chi connectivity index (χ1n) is 5.55. The van der Waals surface area contributed by atoms with Gasteiger partial charge < -0.3 is 0 Å². The number of ketones is 2. The van der Waals surface area contributed by atoms with Crippen molar-refractivity contribution in [2.75, 3.05) is 0 Å². The molecule has 4 atom stereocenters. The molecule has 15 heavy (non-hydrogen) atoms. The van der Waals surface area contributed by atoms with E-state index < -0.39 is 0 Å². The topological polar surface area (TPSA) is 34.1 Å². The van der Waals surface area contributed by atoms with Gasteiger partial charge in [-0.05, 0) is 32.1 Å². The number of hydrogen-bond acceptors (Lipinski definition) is 2. The molecule has 0 aromatic carbocycles. The zero-order valence-corrected chi connectivity index (χ0v) is 8.99. The van der Waals surface area contributed by atoms with Gasteiger partial charge in [-0.3, -0.25) is 9.59 Å². The molecule has 2 heteroatoms. The standard InChI is InChI=1S/C13H14O2/c1-6-7(2)11-9-5-3-4-8(9)10(6)12(14)13(11)15/h3-4,8-11H,5H2,1-2H3. The minimum Gasteiger partial charge on any atom is -0.290 e. The molecule has 0 spiro atoms. The maximum absolute atomic E-state index is 11.9. The largest absolute Gasteiger partial charge is 0.290 e. The second-order valence-corrected chi connectivity index (χ2v) is 4.95. The SMILES string of the molecule is CC1=C(C)C2C(=O)C(=O)C1C1C=CCC21. The molecule has 4 unspecified atom stereocenters. The first-order valence-corrected chi connectivity index (χ1v) is 5.55. The fourth-order valence-corrected chi connectivity index (χ4v) is 3.58. The average Bonchev–Trinajstić information content (AvgIpc) is 2.65. The number of hydrogen-bond donors (Lipinski definition) is 0. The van der Waals surface area contributed by atoms with Gasteiger partial charge in [0.05, 0.1) is 11.8 Å². The van der Waals surface area contributed by atoms with Crippen molar-refractivity contribution in [1.29, 1.82) is 0 Å². The van der Waals surface area contributed by atoms with Crippen LogP contribution in [-0.2, 0) is 9.59 Å². The number of allylic oxidation sites excluding steroid dienone is 4. The third-order valence-corrected chi connectivity index (χ3v) is 4.44. The summed E-state index contributed by atoms with van der Waals surface area (Å²) >= 11 is 0. The molecule has 4 aliphatic rings. The van der Waals surface area contributed by atoms with Crippen LogP contribution in [0.2, 0.25) is 0 Å². The van der Waals surface area contributed by atoms with Crippen molar-refractivity contribution in [1.82, 2.24) is 0 Å². The Kier molecular flexibility index (Phi) is 1.63. The number of carbonyl (C=O) groups excluding carboxylic acids is 2. The van der Waals surface area contributed by atoms with Crippen molar-refractivity contribution < 1.29 is 9.59 Å². The molecule has 0 aromatic rings. The van der Waals surface area contributed by atoms with E-state index in [1.807, 2.05) is 13.8 Å². The van der Waals surface area contributed by atoms with Crippen LogP contribution in [0, 0.1) is 23.7 Å². The van der Waals surface area contributed by atoms with Crippen molar-refractivity contribution in [2.24, 2.45) is 23.7 Å². The highest BCUT2D eigenvalue weighted by molar-refractivity contribution is 6.41. The van der Waals surface area contributed by atoms with Crippen LogP contribution in [-0.4, -0.2) is 11.6 Å². The van der Waals surface area contributed by atoms with Gasteiger partial charge in [-0.25, -0.2) is 0 Å². The van der Waals surface area contributed by atoms with E-state index in [1.54, 1.807) is 0 Å². The summed E-state index contributed by atoms with van der Waals surface area (Å²) in [6.07, 6.45) is 5.24. The van der Waals surface area contributed by atoms with E-state index in [0.29, 0.717) is 11.8 Å². The molecule has 0 aromatic heterocycles. The normalized spacial score (nSPS) is 42.8. The molecular formula is C13H14O2. The second kappa shape index (κ2) is 2.69. The fraction of sp³-hybridized carbons (Fsp3) is 0.538. The lowest BCUT2D eigenvalue weighted by molar-refractivity contribution is -0.146. The summed E-state index contributed by atoms with van der Waals surface area (Å²) in [6, 6.07) is 0. The molecule has 1 saturated carbocycles.